The topological polar surface area (TPSA) is 26.3 Å². The molecule has 4 heteroatoms. The highest BCUT2D eigenvalue weighted by Gasteiger charge is 2.09. The lowest BCUT2D eigenvalue weighted by atomic mass is 10.1. The molecule has 0 saturated heterocycles. The third-order valence-electron chi connectivity index (χ3n) is 4.01. The lowest BCUT2D eigenvalue weighted by molar-refractivity contribution is 0.104. The van der Waals surface area contributed by atoms with Crippen molar-refractivity contribution < 1.29 is 9.53 Å². The van der Waals surface area contributed by atoms with Crippen molar-refractivity contribution in [3.8, 4) is 5.75 Å². The summed E-state index contributed by atoms with van der Waals surface area (Å²) in [5, 5.41) is 0. The summed E-state index contributed by atoms with van der Waals surface area (Å²) in [6, 6.07) is 21.8. The standard InChI is InChI=1S/C23H18I2O2/c1-16-7-10-19(11-8-16)22(26)12-9-18-13-20(24)23(21(25)14-18)27-15-17-5-3-2-4-6-17/h2-14H,15H2,1H3/b12-9+. The van der Waals surface area contributed by atoms with Gasteiger partial charge >= 0.3 is 0 Å². The van der Waals surface area contributed by atoms with Crippen LogP contribution in [0.15, 0.2) is 72.8 Å². The summed E-state index contributed by atoms with van der Waals surface area (Å²) >= 11 is 4.56. The molecule has 0 N–H and O–H groups in total. The molecule has 0 aliphatic rings. The number of hydrogen-bond acceptors (Lipinski definition) is 2. The van der Waals surface area contributed by atoms with Gasteiger partial charge in [-0.3, -0.25) is 4.79 Å². The smallest absolute Gasteiger partial charge is 0.185 e. The van der Waals surface area contributed by atoms with E-state index in [2.05, 4.69) is 45.2 Å². The Kier molecular flexibility index (Phi) is 7.07. The van der Waals surface area contributed by atoms with Crippen LogP contribution in [0, 0.1) is 14.1 Å². The molecule has 0 bridgehead atoms. The fourth-order valence-electron chi connectivity index (χ4n) is 2.53. The second-order valence-corrected chi connectivity index (χ2v) is 8.48. The lowest BCUT2D eigenvalue weighted by Crippen LogP contribution is -1.99. The predicted molar refractivity (Wildman–Crippen MR) is 127 cm³/mol. The lowest BCUT2D eigenvalue weighted by Gasteiger charge is -2.11. The minimum absolute atomic E-state index is 0.00409. The predicted octanol–water partition coefficient (Wildman–Crippen LogP) is 6.68. The van der Waals surface area contributed by atoms with Crippen molar-refractivity contribution in [3.05, 3.63) is 102 Å². The molecule has 3 aromatic rings. The number of carbonyl (C=O) groups is 1. The molecule has 3 aromatic carbocycles. The van der Waals surface area contributed by atoms with Gasteiger partial charge < -0.3 is 4.74 Å². The number of benzene rings is 3. The van der Waals surface area contributed by atoms with Crippen LogP contribution in [0.25, 0.3) is 6.08 Å². The van der Waals surface area contributed by atoms with E-state index in [4.69, 9.17) is 4.74 Å². The van der Waals surface area contributed by atoms with Gasteiger partial charge in [-0.1, -0.05) is 66.2 Å². The Hall–Kier alpha value is -1.67. The molecule has 0 amide bonds. The molecule has 0 fully saturated rings. The molecule has 2 nitrogen and oxygen atoms in total. The number of rotatable bonds is 6. The molecule has 3 rings (SSSR count). The van der Waals surface area contributed by atoms with Crippen molar-refractivity contribution in [2.24, 2.45) is 0 Å². The summed E-state index contributed by atoms with van der Waals surface area (Å²) in [4.78, 5) is 12.3. The first kappa shape index (κ1) is 20.1. The molecule has 0 aliphatic carbocycles. The van der Waals surface area contributed by atoms with Gasteiger partial charge in [0.05, 0.1) is 7.14 Å². The zero-order chi connectivity index (χ0) is 19.2. The van der Waals surface area contributed by atoms with E-state index in [1.807, 2.05) is 79.7 Å². The van der Waals surface area contributed by atoms with E-state index in [-0.39, 0.29) is 5.78 Å². The second kappa shape index (κ2) is 9.50. The van der Waals surface area contributed by atoms with Crippen LogP contribution in [0.2, 0.25) is 0 Å². The molecule has 0 saturated carbocycles. The van der Waals surface area contributed by atoms with Gasteiger partial charge in [0.1, 0.15) is 12.4 Å². The zero-order valence-corrected chi connectivity index (χ0v) is 19.1. The molecular formula is C23H18I2O2. The first-order valence-electron chi connectivity index (χ1n) is 8.48. The van der Waals surface area contributed by atoms with E-state index in [1.165, 1.54) is 0 Å². The van der Waals surface area contributed by atoms with E-state index in [9.17, 15) is 4.79 Å². The molecule has 0 radical (unpaired) electrons. The highest BCUT2D eigenvalue weighted by Crippen LogP contribution is 2.30. The number of aryl methyl sites for hydroxylation is 1. The molecule has 0 aliphatic heterocycles. The number of allylic oxidation sites excluding steroid dienone is 1. The van der Waals surface area contributed by atoms with Crippen LogP contribution in [0.3, 0.4) is 0 Å². The van der Waals surface area contributed by atoms with Crippen LogP contribution in [0.5, 0.6) is 5.75 Å². The maximum atomic E-state index is 12.3. The van der Waals surface area contributed by atoms with Crippen LogP contribution in [0.4, 0.5) is 0 Å². The van der Waals surface area contributed by atoms with Crippen LogP contribution in [-0.4, -0.2) is 5.78 Å². The van der Waals surface area contributed by atoms with Gasteiger partial charge in [-0.15, -0.1) is 0 Å². The minimum Gasteiger partial charge on any atom is -0.487 e. The minimum atomic E-state index is 0.00409. The van der Waals surface area contributed by atoms with E-state index < -0.39 is 0 Å². The Morgan fingerprint density at radius 2 is 1.59 bits per heavy atom. The summed E-state index contributed by atoms with van der Waals surface area (Å²) in [7, 11) is 0. The Morgan fingerprint density at radius 3 is 2.22 bits per heavy atom. The van der Waals surface area contributed by atoms with Gasteiger partial charge in [0.25, 0.3) is 0 Å². The van der Waals surface area contributed by atoms with Crippen molar-refractivity contribution in [2.75, 3.05) is 0 Å². The molecule has 0 spiro atoms. The van der Waals surface area contributed by atoms with Crippen molar-refractivity contribution in [1.29, 1.82) is 0 Å². The number of ketones is 1. The van der Waals surface area contributed by atoms with Crippen molar-refractivity contribution in [1.82, 2.24) is 0 Å². The van der Waals surface area contributed by atoms with Gasteiger partial charge in [0.15, 0.2) is 5.78 Å². The average molecular weight is 580 g/mol. The third-order valence-corrected chi connectivity index (χ3v) is 5.61. The number of hydrogen-bond donors (Lipinski definition) is 0. The monoisotopic (exact) mass is 580 g/mol. The van der Waals surface area contributed by atoms with Crippen LogP contribution < -0.4 is 4.74 Å². The first-order chi connectivity index (χ1) is 13.0. The second-order valence-electron chi connectivity index (χ2n) is 6.15. The van der Waals surface area contributed by atoms with E-state index in [1.54, 1.807) is 6.08 Å². The summed E-state index contributed by atoms with van der Waals surface area (Å²) < 4.78 is 8.06. The Morgan fingerprint density at radius 1 is 0.963 bits per heavy atom. The summed E-state index contributed by atoms with van der Waals surface area (Å²) in [5.41, 5.74) is 3.96. The normalized spacial score (nSPS) is 10.9. The third kappa shape index (κ3) is 5.65. The van der Waals surface area contributed by atoms with Crippen molar-refractivity contribution in [2.45, 2.75) is 13.5 Å². The zero-order valence-electron chi connectivity index (χ0n) is 14.8. The summed E-state index contributed by atoms with van der Waals surface area (Å²) in [6.07, 6.45) is 3.48. The quantitative estimate of drug-likeness (QED) is 0.185. The van der Waals surface area contributed by atoms with Crippen LogP contribution in [0.1, 0.15) is 27.0 Å². The number of carbonyl (C=O) groups excluding carboxylic acids is 1. The molecular weight excluding hydrogens is 562 g/mol. The van der Waals surface area contributed by atoms with Gasteiger partial charge in [-0.2, -0.15) is 0 Å². The van der Waals surface area contributed by atoms with Crippen molar-refractivity contribution in [3.63, 3.8) is 0 Å². The fraction of sp³-hybridized carbons (Fsp3) is 0.0870. The Balaban J connectivity index is 1.72. The molecule has 0 aromatic heterocycles. The van der Waals surface area contributed by atoms with E-state index in [0.717, 1.165) is 29.6 Å². The Labute approximate surface area is 186 Å². The molecule has 0 heterocycles. The SMILES string of the molecule is Cc1ccc(C(=O)/C=C/c2cc(I)c(OCc3ccccc3)c(I)c2)cc1. The summed E-state index contributed by atoms with van der Waals surface area (Å²) in [6.45, 7) is 2.54. The van der Waals surface area contributed by atoms with E-state index >= 15 is 0 Å². The first-order valence-corrected chi connectivity index (χ1v) is 10.6. The van der Waals surface area contributed by atoms with Gasteiger partial charge in [-0.05, 0) is 81.4 Å². The van der Waals surface area contributed by atoms with Gasteiger partial charge in [0.2, 0.25) is 0 Å². The average Bonchev–Trinajstić information content (AvgIpc) is 2.67. The summed E-state index contributed by atoms with van der Waals surface area (Å²) in [5.74, 6) is 0.881. The van der Waals surface area contributed by atoms with Gasteiger partial charge in [-0.25, -0.2) is 0 Å². The van der Waals surface area contributed by atoms with Gasteiger partial charge in [0, 0.05) is 5.56 Å². The highest BCUT2D eigenvalue weighted by molar-refractivity contribution is 14.1. The maximum absolute atomic E-state index is 12.3. The fourth-order valence-corrected chi connectivity index (χ4v) is 4.66. The van der Waals surface area contributed by atoms with Crippen LogP contribution >= 0.6 is 45.2 Å². The van der Waals surface area contributed by atoms with Crippen molar-refractivity contribution >= 4 is 57.0 Å². The number of ether oxygens (including phenoxy) is 1. The molecule has 0 atom stereocenters. The molecule has 0 unspecified atom stereocenters. The Bertz CT molecular complexity index is 938. The largest absolute Gasteiger partial charge is 0.487 e. The maximum Gasteiger partial charge on any atom is 0.185 e. The highest BCUT2D eigenvalue weighted by atomic mass is 127. The van der Waals surface area contributed by atoms with E-state index in [0.29, 0.717) is 12.2 Å². The molecule has 136 valence electrons. The molecule has 27 heavy (non-hydrogen) atoms. The number of halogens is 2. The van der Waals surface area contributed by atoms with Crippen LogP contribution in [-0.2, 0) is 6.61 Å².